The Bertz CT molecular complexity index is 389. The third-order valence-corrected chi connectivity index (χ3v) is 3.24. The van der Waals surface area contributed by atoms with Crippen molar-refractivity contribution in [2.45, 2.75) is 20.8 Å². The number of hydrogen-bond acceptors (Lipinski definition) is 2. The lowest BCUT2D eigenvalue weighted by Gasteiger charge is -2.19. The number of aryl methyl sites for hydroxylation is 1. The molecule has 0 heterocycles. The number of carbonyl (C=O) groups is 1. The van der Waals surface area contributed by atoms with Crippen LogP contribution in [0.5, 0.6) is 0 Å². The van der Waals surface area contributed by atoms with Gasteiger partial charge in [0.15, 0.2) is 0 Å². The summed E-state index contributed by atoms with van der Waals surface area (Å²) >= 11 is 6.14. The van der Waals surface area contributed by atoms with E-state index in [2.05, 4.69) is 5.32 Å². The Morgan fingerprint density at radius 3 is 2.59 bits per heavy atom. The van der Waals surface area contributed by atoms with Crippen LogP contribution in [-0.4, -0.2) is 30.4 Å². The summed E-state index contributed by atoms with van der Waals surface area (Å²) in [5.41, 5.74) is 1.82. The van der Waals surface area contributed by atoms with Gasteiger partial charge in [0, 0.05) is 13.1 Å². The summed E-state index contributed by atoms with van der Waals surface area (Å²) < 4.78 is 0. The van der Waals surface area contributed by atoms with Gasteiger partial charge in [-0.1, -0.05) is 23.7 Å². The molecule has 0 aliphatic heterocycles. The highest BCUT2D eigenvalue weighted by atomic mass is 35.5. The van der Waals surface area contributed by atoms with E-state index in [9.17, 15) is 4.79 Å². The minimum atomic E-state index is 0.0903. The standard InChI is InChI=1S/C13H19ClN2O/c1-4-16(5-2)12(17)9-15-11-8-6-7-10(3)13(11)14/h6-8,15H,4-5,9H2,1-3H3. The lowest BCUT2D eigenvalue weighted by atomic mass is 10.2. The third kappa shape index (κ3) is 3.63. The van der Waals surface area contributed by atoms with Crippen molar-refractivity contribution in [2.24, 2.45) is 0 Å². The molecule has 94 valence electrons. The lowest BCUT2D eigenvalue weighted by Crippen LogP contribution is -2.35. The average molecular weight is 255 g/mol. The molecular formula is C13H19ClN2O. The number of halogens is 1. The van der Waals surface area contributed by atoms with Gasteiger partial charge < -0.3 is 10.2 Å². The van der Waals surface area contributed by atoms with Gasteiger partial charge in [-0.25, -0.2) is 0 Å². The molecule has 0 saturated carbocycles. The Hall–Kier alpha value is -1.22. The average Bonchev–Trinajstić information content (AvgIpc) is 2.32. The first-order valence-corrected chi connectivity index (χ1v) is 6.24. The SMILES string of the molecule is CCN(CC)C(=O)CNc1cccc(C)c1Cl. The van der Waals surface area contributed by atoms with Gasteiger partial charge in [-0.3, -0.25) is 4.79 Å². The van der Waals surface area contributed by atoms with E-state index >= 15 is 0 Å². The van der Waals surface area contributed by atoms with Crippen LogP contribution in [0.25, 0.3) is 0 Å². The molecule has 4 heteroatoms. The number of amides is 1. The Morgan fingerprint density at radius 2 is 2.00 bits per heavy atom. The molecule has 3 nitrogen and oxygen atoms in total. The molecule has 0 aromatic heterocycles. The molecule has 0 saturated heterocycles. The van der Waals surface area contributed by atoms with Gasteiger partial charge in [-0.05, 0) is 32.4 Å². The van der Waals surface area contributed by atoms with Crippen LogP contribution in [0.1, 0.15) is 19.4 Å². The van der Waals surface area contributed by atoms with E-state index in [1.807, 2.05) is 39.0 Å². The second kappa shape index (κ2) is 6.50. The van der Waals surface area contributed by atoms with Gasteiger partial charge >= 0.3 is 0 Å². The first kappa shape index (κ1) is 13.8. The highest BCUT2D eigenvalue weighted by Gasteiger charge is 2.10. The molecule has 0 aliphatic rings. The fraction of sp³-hybridized carbons (Fsp3) is 0.462. The number of benzene rings is 1. The summed E-state index contributed by atoms with van der Waals surface area (Å²) in [5, 5.41) is 3.76. The van der Waals surface area contributed by atoms with Gasteiger partial charge in [0.2, 0.25) is 5.91 Å². The molecule has 0 unspecified atom stereocenters. The zero-order valence-electron chi connectivity index (χ0n) is 10.6. The van der Waals surface area contributed by atoms with Gasteiger partial charge in [-0.2, -0.15) is 0 Å². The van der Waals surface area contributed by atoms with E-state index in [0.29, 0.717) is 5.02 Å². The molecule has 1 rings (SSSR count). The predicted octanol–water partition coefficient (Wildman–Crippen LogP) is 2.93. The van der Waals surface area contributed by atoms with Crippen LogP contribution >= 0.6 is 11.6 Å². The first-order valence-electron chi connectivity index (χ1n) is 5.86. The fourth-order valence-electron chi connectivity index (χ4n) is 1.64. The van der Waals surface area contributed by atoms with Crippen molar-refractivity contribution in [3.63, 3.8) is 0 Å². The second-order valence-corrected chi connectivity index (χ2v) is 4.23. The largest absolute Gasteiger partial charge is 0.375 e. The molecule has 1 N–H and O–H groups in total. The predicted molar refractivity (Wildman–Crippen MR) is 72.6 cm³/mol. The molecule has 17 heavy (non-hydrogen) atoms. The third-order valence-electron chi connectivity index (χ3n) is 2.74. The molecule has 0 bridgehead atoms. The Morgan fingerprint density at radius 1 is 1.35 bits per heavy atom. The van der Waals surface area contributed by atoms with Crippen LogP contribution in [-0.2, 0) is 4.79 Å². The minimum absolute atomic E-state index is 0.0903. The van der Waals surface area contributed by atoms with E-state index < -0.39 is 0 Å². The number of nitrogens with zero attached hydrogens (tertiary/aromatic N) is 1. The number of anilines is 1. The number of rotatable bonds is 5. The summed E-state index contributed by atoms with van der Waals surface area (Å²) in [4.78, 5) is 13.6. The monoisotopic (exact) mass is 254 g/mol. The molecule has 0 radical (unpaired) electrons. The fourth-order valence-corrected chi connectivity index (χ4v) is 1.84. The maximum atomic E-state index is 11.8. The van der Waals surface area contributed by atoms with Gasteiger partial charge in [0.25, 0.3) is 0 Å². The van der Waals surface area contributed by atoms with Crippen molar-refractivity contribution in [3.05, 3.63) is 28.8 Å². The summed E-state index contributed by atoms with van der Waals surface area (Å²) in [5.74, 6) is 0.0903. The van der Waals surface area contributed by atoms with Crippen molar-refractivity contribution in [2.75, 3.05) is 25.0 Å². The molecule has 0 atom stereocenters. The van der Waals surface area contributed by atoms with Crippen molar-refractivity contribution < 1.29 is 4.79 Å². The molecule has 0 aliphatic carbocycles. The molecule has 1 aromatic carbocycles. The lowest BCUT2D eigenvalue weighted by molar-refractivity contribution is -0.128. The van der Waals surface area contributed by atoms with E-state index in [1.165, 1.54) is 0 Å². The van der Waals surface area contributed by atoms with Crippen molar-refractivity contribution in [3.8, 4) is 0 Å². The van der Waals surface area contributed by atoms with Crippen molar-refractivity contribution >= 4 is 23.2 Å². The minimum Gasteiger partial charge on any atom is -0.375 e. The number of nitrogens with one attached hydrogen (secondary N) is 1. The van der Waals surface area contributed by atoms with E-state index in [1.54, 1.807) is 4.90 Å². The van der Waals surface area contributed by atoms with Gasteiger partial charge in [-0.15, -0.1) is 0 Å². The van der Waals surface area contributed by atoms with Crippen LogP contribution in [0.2, 0.25) is 5.02 Å². The first-order chi connectivity index (χ1) is 8.10. The topological polar surface area (TPSA) is 32.3 Å². The number of likely N-dealkylation sites (N-methyl/N-ethyl adjacent to an activating group) is 1. The van der Waals surface area contributed by atoms with Crippen LogP contribution < -0.4 is 5.32 Å². The summed E-state index contributed by atoms with van der Waals surface area (Å²) in [6.45, 7) is 7.64. The molecule has 0 fully saturated rings. The normalized spacial score (nSPS) is 10.1. The van der Waals surface area contributed by atoms with E-state index in [0.717, 1.165) is 24.3 Å². The van der Waals surface area contributed by atoms with Gasteiger partial charge in [0.05, 0.1) is 17.3 Å². The van der Waals surface area contributed by atoms with E-state index in [-0.39, 0.29) is 12.5 Å². The van der Waals surface area contributed by atoms with Crippen LogP contribution in [0, 0.1) is 6.92 Å². The summed E-state index contributed by atoms with van der Waals surface area (Å²) in [6.07, 6.45) is 0. The second-order valence-electron chi connectivity index (χ2n) is 3.86. The molecular weight excluding hydrogens is 236 g/mol. The van der Waals surface area contributed by atoms with Crippen LogP contribution in [0.4, 0.5) is 5.69 Å². The maximum absolute atomic E-state index is 11.8. The Kier molecular flexibility index (Phi) is 5.29. The van der Waals surface area contributed by atoms with Gasteiger partial charge in [0.1, 0.15) is 0 Å². The quantitative estimate of drug-likeness (QED) is 0.876. The Labute approximate surface area is 108 Å². The number of carbonyl (C=O) groups excluding carboxylic acids is 1. The summed E-state index contributed by atoms with van der Waals surface area (Å²) in [6, 6.07) is 5.75. The zero-order chi connectivity index (χ0) is 12.8. The molecule has 0 spiro atoms. The van der Waals surface area contributed by atoms with E-state index in [4.69, 9.17) is 11.6 Å². The summed E-state index contributed by atoms with van der Waals surface area (Å²) in [7, 11) is 0. The maximum Gasteiger partial charge on any atom is 0.241 e. The Balaban J connectivity index is 2.61. The van der Waals surface area contributed by atoms with Crippen LogP contribution in [0.3, 0.4) is 0 Å². The molecule has 1 amide bonds. The highest BCUT2D eigenvalue weighted by molar-refractivity contribution is 6.34. The number of hydrogen-bond donors (Lipinski definition) is 1. The zero-order valence-corrected chi connectivity index (χ0v) is 11.3. The smallest absolute Gasteiger partial charge is 0.241 e. The van der Waals surface area contributed by atoms with Crippen molar-refractivity contribution in [1.29, 1.82) is 0 Å². The molecule has 1 aromatic rings. The van der Waals surface area contributed by atoms with Crippen molar-refractivity contribution in [1.82, 2.24) is 4.90 Å². The highest BCUT2D eigenvalue weighted by Crippen LogP contribution is 2.24. The van der Waals surface area contributed by atoms with Crippen LogP contribution in [0.15, 0.2) is 18.2 Å².